The SMILES string of the molecule is CCOC(=O)NC(=O)N1CC[C@]2(CCn3nc(-c4cnc5ccccc5c4)cc32)C1. The fourth-order valence-electron chi connectivity index (χ4n) is 4.61. The number of nitrogens with one attached hydrogen (secondary N) is 1. The minimum absolute atomic E-state index is 0.123. The van der Waals surface area contributed by atoms with Crippen LogP contribution in [0.25, 0.3) is 22.2 Å². The Balaban J connectivity index is 1.38. The number of rotatable bonds is 2. The second-order valence-electron chi connectivity index (χ2n) is 7.91. The van der Waals surface area contributed by atoms with Crippen LogP contribution in [0.5, 0.6) is 0 Å². The molecule has 0 aliphatic carbocycles. The Labute approximate surface area is 173 Å². The van der Waals surface area contributed by atoms with Crippen molar-refractivity contribution in [1.82, 2.24) is 25.0 Å². The van der Waals surface area contributed by atoms with E-state index in [4.69, 9.17) is 9.84 Å². The molecule has 8 nitrogen and oxygen atoms in total. The lowest BCUT2D eigenvalue weighted by Crippen LogP contribution is -2.43. The standard InChI is InChI=1S/C22H23N5O3/c1-2-30-21(29)24-20(28)26-9-7-22(14-26)8-10-27-19(22)12-18(25-27)16-11-15-5-3-4-6-17(15)23-13-16/h3-6,11-13H,2,7-10,14H2,1H3,(H,24,28,29)/t22-/m0/s1. The van der Waals surface area contributed by atoms with Gasteiger partial charge in [-0.2, -0.15) is 5.10 Å². The average molecular weight is 405 g/mol. The Kier molecular flexibility index (Phi) is 4.42. The zero-order valence-electron chi connectivity index (χ0n) is 16.8. The molecule has 0 unspecified atom stereocenters. The highest BCUT2D eigenvalue weighted by Crippen LogP contribution is 2.43. The molecule has 1 fully saturated rings. The maximum absolute atomic E-state index is 12.4. The number of ether oxygens (including phenoxy) is 1. The van der Waals surface area contributed by atoms with Gasteiger partial charge in [0.05, 0.1) is 17.8 Å². The predicted molar refractivity (Wildman–Crippen MR) is 111 cm³/mol. The number of carbonyl (C=O) groups excluding carboxylic acids is 2. The van der Waals surface area contributed by atoms with E-state index >= 15 is 0 Å². The van der Waals surface area contributed by atoms with Crippen LogP contribution in [0.3, 0.4) is 0 Å². The number of aromatic nitrogens is 3. The van der Waals surface area contributed by atoms with E-state index in [-0.39, 0.29) is 12.0 Å². The number of likely N-dealkylation sites (tertiary alicyclic amines) is 1. The summed E-state index contributed by atoms with van der Waals surface area (Å²) >= 11 is 0. The maximum Gasteiger partial charge on any atom is 0.415 e. The lowest BCUT2D eigenvalue weighted by atomic mass is 9.82. The second kappa shape index (κ2) is 7.12. The van der Waals surface area contributed by atoms with E-state index in [1.54, 1.807) is 11.8 Å². The minimum Gasteiger partial charge on any atom is -0.450 e. The van der Waals surface area contributed by atoms with Gasteiger partial charge in [-0.15, -0.1) is 0 Å². The van der Waals surface area contributed by atoms with Crippen molar-refractivity contribution in [2.45, 2.75) is 31.7 Å². The molecule has 0 saturated carbocycles. The van der Waals surface area contributed by atoms with Gasteiger partial charge < -0.3 is 9.64 Å². The molecule has 2 aliphatic heterocycles. The lowest BCUT2D eigenvalue weighted by molar-refractivity contribution is 0.148. The topological polar surface area (TPSA) is 89.4 Å². The number of pyridine rings is 1. The van der Waals surface area contributed by atoms with Crippen molar-refractivity contribution in [2.24, 2.45) is 0 Å². The summed E-state index contributed by atoms with van der Waals surface area (Å²) in [7, 11) is 0. The van der Waals surface area contributed by atoms with Gasteiger partial charge in [0.2, 0.25) is 0 Å². The predicted octanol–water partition coefficient (Wildman–Crippen LogP) is 3.31. The van der Waals surface area contributed by atoms with Gasteiger partial charge >= 0.3 is 12.1 Å². The molecule has 0 bridgehead atoms. The van der Waals surface area contributed by atoms with Crippen LogP contribution in [0.2, 0.25) is 0 Å². The van der Waals surface area contributed by atoms with Crippen molar-refractivity contribution in [3.63, 3.8) is 0 Å². The quantitative estimate of drug-likeness (QED) is 0.707. The van der Waals surface area contributed by atoms with Gasteiger partial charge in [-0.25, -0.2) is 14.9 Å². The van der Waals surface area contributed by atoms with Gasteiger partial charge in [0.1, 0.15) is 0 Å². The van der Waals surface area contributed by atoms with E-state index in [1.165, 1.54) is 0 Å². The third-order valence-electron chi connectivity index (χ3n) is 6.14. The molecule has 8 heteroatoms. The monoisotopic (exact) mass is 405 g/mol. The number of para-hydroxylation sites is 1. The van der Waals surface area contributed by atoms with Crippen LogP contribution in [0.1, 0.15) is 25.5 Å². The first-order chi connectivity index (χ1) is 14.6. The molecule has 1 aromatic carbocycles. The number of imide groups is 1. The molecular formula is C22H23N5O3. The van der Waals surface area contributed by atoms with E-state index in [2.05, 4.69) is 27.1 Å². The van der Waals surface area contributed by atoms with Gasteiger partial charge in [0, 0.05) is 47.9 Å². The number of hydrogen-bond donors (Lipinski definition) is 1. The molecule has 30 heavy (non-hydrogen) atoms. The van der Waals surface area contributed by atoms with Crippen molar-refractivity contribution in [2.75, 3.05) is 19.7 Å². The highest BCUT2D eigenvalue weighted by molar-refractivity contribution is 5.91. The molecule has 1 N–H and O–H groups in total. The van der Waals surface area contributed by atoms with Crippen LogP contribution in [0, 0.1) is 0 Å². The number of amides is 3. The number of benzene rings is 1. The normalized spacial score (nSPS) is 20.0. The first kappa shape index (κ1) is 18.6. The average Bonchev–Trinajstić information content (AvgIpc) is 3.45. The maximum atomic E-state index is 12.4. The van der Waals surface area contributed by atoms with E-state index < -0.39 is 12.1 Å². The molecule has 5 rings (SSSR count). The first-order valence-corrected chi connectivity index (χ1v) is 10.2. The van der Waals surface area contributed by atoms with Crippen LogP contribution in [0.4, 0.5) is 9.59 Å². The second-order valence-corrected chi connectivity index (χ2v) is 7.91. The zero-order chi connectivity index (χ0) is 20.7. The smallest absolute Gasteiger partial charge is 0.415 e. The summed E-state index contributed by atoms with van der Waals surface area (Å²) in [6, 6.07) is 11.9. The highest BCUT2D eigenvalue weighted by atomic mass is 16.5. The van der Waals surface area contributed by atoms with Gasteiger partial charge in [-0.3, -0.25) is 9.67 Å². The van der Waals surface area contributed by atoms with Crippen LogP contribution < -0.4 is 5.32 Å². The van der Waals surface area contributed by atoms with Crippen LogP contribution >= 0.6 is 0 Å². The molecule has 3 aromatic rings. The molecule has 1 saturated heterocycles. The molecule has 154 valence electrons. The Morgan fingerprint density at radius 2 is 2.03 bits per heavy atom. The summed E-state index contributed by atoms with van der Waals surface area (Å²) in [5, 5.41) is 8.19. The fourth-order valence-corrected chi connectivity index (χ4v) is 4.61. The molecular weight excluding hydrogens is 382 g/mol. The summed E-state index contributed by atoms with van der Waals surface area (Å²) in [6.45, 7) is 3.93. The van der Waals surface area contributed by atoms with E-state index in [0.717, 1.165) is 47.2 Å². The summed E-state index contributed by atoms with van der Waals surface area (Å²) in [5.74, 6) is 0. The number of nitrogens with zero attached hydrogens (tertiary/aromatic N) is 4. The van der Waals surface area contributed by atoms with Crippen LogP contribution in [-0.4, -0.2) is 51.5 Å². The number of urea groups is 1. The third-order valence-corrected chi connectivity index (χ3v) is 6.14. The highest BCUT2D eigenvalue weighted by Gasteiger charge is 2.47. The Morgan fingerprint density at radius 3 is 2.90 bits per heavy atom. The third kappa shape index (κ3) is 3.08. The summed E-state index contributed by atoms with van der Waals surface area (Å²) in [5.41, 5.74) is 3.87. The van der Waals surface area contributed by atoms with E-state index in [1.807, 2.05) is 30.5 Å². The summed E-state index contributed by atoms with van der Waals surface area (Å²) in [6.07, 6.45) is 2.95. The first-order valence-electron chi connectivity index (χ1n) is 10.2. The number of hydrogen-bond acceptors (Lipinski definition) is 5. The number of alkyl carbamates (subject to hydrolysis) is 1. The number of carbonyl (C=O) groups is 2. The molecule has 1 atom stereocenters. The van der Waals surface area contributed by atoms with Gasteiger partial charge in [-0.1, -0.05) is 18.2 Å². The molecule has 3 amide bonds. The number of fused-ring (bicyclic) bond motifs is 3. The summed E-state index contributed by atoms with van der Waals surface area (Å²) < 4.78 is 6.86. The Hall–Kier alpha value is -3.42. The van der Waals surface area contributed by atoms with Crippen molar-refractivity contribution in [1.29, 1.82) is 0 Å². The van der Waals surface area contributed by atoms with Gasteiger partial charge in [0.15, 0.2) is 0 Å². The summed E-state index contributed by atoms with van der Waals surface area (Å²) in [4.78, 5) is 30.2. The Bertz CT molecular complexity index is 1140. The van der Waals surface area contributed by atoms with E-state index in [9.17, 15) is 9.59 Å². The van der Waals surface area contributed by atoms with Crippen molar-refractivity contribution in [3.05, 3.63) is 48.3 Å². The van der Waals surface area contributed by atoms with Crippen molar-refractivity contribution >= 4 is 23.0 Å². The molecule has 1 spiro atoms. The largest absolute Gasteiger partial charge is 0.450 e. The minimum atomic E-state index is -0.703. The molecule has 2 aromatic heterocycles. The zero-order valence-corrected chi connectivity index (χ0v) is 16.8. The molecule has 0 radical (unpaired) electrons. The van der Waals surface area contributed by atoms with Crippen molar-refractivity contribution < 1.29 is 14.3 Å². The fraction of sp³-hybridized carbons (Fsp3) is 0.364. The van der Waals surface area contributed by atoms with Crippen molar-refractivity contribution in [3.8, 4) is 11.3 Å². The molecule has 2 aliphatic rings. The van der Waals surface area contributed by atoms with E-state index in [0.29, 0.717) is 13.1 Å². The van der Waals surface area contributed by atoms with Gasteiger partial charge in [-0.05, 0) is 38.0 Å². The number of aryl methyl sites for hydroxylation is 1. The van der Waals surface area contributed by atoms with Crippen LogP contribution in [-0.2, 0) is 16.7 Å². The molecule has 4 heterocycles. The van der Waals surface area contributed by atoms with Gasteiger partial charge in [0.25, 0.3) is 0 Å². The Morgan fingerprint density at radius 1 is 1.20 bits per heavy atom. The lowest BCUT2D eigenvalue weighted by Gasteiger charge is -2.23. The van der Waals surface area contributed by atoms with Crippen LogP contribution in [0.15, 0.2) is 42.6 Å².